The molecule has 1 aromatic rings. The van der Waals surface area contributed by atoms with E-state index in [9.17, 15) is 4.79 Å². The Balaban J connectivity index is 2.76. The second kappa shape index (κ2) is 5.13. The molecule has 94 valence electrons. The number of hydrogen-bond donors (Lipinski definition) is 2. The molecule has 3 N–H and O–H groups in total. The van der Waals surface area contributed by atoms with Crippen LogP contribution in [0, 0.1) is 5.41 Å². The Morgan fingerprint density at radius 2 is 2.12 bits per heavy atom. The van der Waals surface area contributed by atoms with Gasteiger partial charge < -0.3 is 15.8 Å². The third kappa shape index (κ3) is 3.70. The van der Waals surface area contributed by atoms with Crippen molar-refractivity contribution in [3.8, 4) is 6.01 Å². The average Bonchev–Trinajstić information content (AvgIpc) is 2.25. The lowest BCUT2D eigenvalue weighted by Gasteiger charge is -2.20. The van der Waals surface area contributed by atoms with Crippen LogP contribution in [0.3, 0.4) is 0 Å². The zero-order chi connectivity index (χ0) is 13.1. The van der Waals surface area contributed by atoms with Gasteiger partial charge in [-0.3, -0.25) is 4.79 Å². The van der Waals surface area contributed by atoms with E-state index in [4.69, 9.17) is 22.1 Å². The molecular formula is C9H14ClN5O2. The molecule has 17 heavy (non-hydrogen) atoms. The smallest absolute Gasteiger partial charge is 0.322 e. The fourth-order valence-electron chi connectivity index (χ4n) is 0.889. The van der Waals surface area contributed by atoms with E-state index in [-0.39, 0.29) is 23.8 Å². The van der Waals surface area contributed by atoms with Crippen molar-refractivity contribution in [2.45, 2.75) is 13.8 Å². The molecule has 8 heteroatoms. The van der Waals surface area contributed by atoms with E-state index in [1.54, 1.807) is 13.8 Å². The summed E-state index contributed by atoms with van der Waals surface area (Å²) in [5, 5.41) is 2.86. The summed E-state index contributed by atoms with van der Waals surface area (Å²) < 4.78 is 4.84. The number of primary amides is 1. The second-order valence-electron chi connectivity index (χ2n) is 4.02. The minimum Gasteiger partial charge on any atom is -0.467 e. The van der Waals surface area contributed by atoms with Crippen molar-refractivity contribution < 1.29 is 9.53 Å². The predicted molar refractivity (Wildman–Crippen MR) is 62.9 cm³/mol. The number of halogens is 1. The summed E-state index contributed by atoms with van der Waals surface area (Å²) >= 11 is 5.67. The molecule has 0 aromatic carbocycles. The first-order valence-corrected chi connectivity index (χ1v) is 5.22. The maximum Gasteiger partial charge on any atom is 0.322 e. The molecule has 1 aromatic heterocycles. The number of rotatable bonds is 5. The number of amides is 1. The molecule has 0 aliphatic heterocycles. The first-order valence-electron chi connectivity index (χ1n) is 4.84. The fourth-order valence-corrected chi connectivity index (χ4v) is 1.04. The summed E-state index contributed by atoms with van der Waals surface area (Å²) in [5.74, 6) is -0.187. The van der Waals surface area contributed by atoms with Crippen LogP contribution in [0.25, 0.3) is 0 Å². The molecule has 0 aliphatic rings. The molecule has 0 bridgehead atoms. The topological polar surface area (TPSA) is 103 Å². The summed E-state index contributed by atoms with van der Waals surface area (Å²) in [6, 6.07) is 0.101. The molecule has 1 amide bonds. The Kier molecular flexibility index (Phi) is 4.06. The van der Waals surface area contributed by atoms with E-state index < -0.39 is 11.3 Å². The normalized spacial score (nSPS) is 11.1. The Hall–Kier alpha value is -1.63. The highest BCUT2D eigenvalue weighted by Crippen LogP contribution is 2.16. The number of aromatic nitrogens is 3. The van der Waals surface area contributed by atoms with Gasteiger partial charge in [-0.05, 0) is 25.4 Å². The highest BCUT2D eigenvalue weighted by atomic mass is 35.5. The van der Waals surface area contributed by atoms with E-state index in [0.717, 1.165) is 0 Å². The fraction of sp³-hybridized carbons (Fsp3) is 0.556. The number of anilines is 1. The third-order valence-electron chi connectivity index (χ3n) is 2.13. The van der Waals surface area contributed by atoms with E-state index >= 15 is 0 Å². The molecule has 7 nitrogen and oxygen atoms in total. The molecule has 1 rings (SSSR count). The van der Waals surface area contributed by atoms with Gasteiger partial charge in [0.1, 0.15) is 0 Å². The minimum atomic E-state index is -0.716. The number of ether oxygens (including phenoxy) is 1. The summed E-state index contributed by atoms with van der Waals surface area (Å²) in [6.45, 7) is 3.70. The van der Waals surface area contributed by atoms with E-state index in [1.165, 1.54) is 7.11 Å². The Bertz CT molecular complexity index is 424. The molecule has 1 heterocycles. The van der Waals surface area contributed by atoms with Crippen molar-refractivity contribution in [3.63, 3.8) is 0 Å². The lowest BCUT2D eigenvalue weighted by molar-refractivity contribution is -0.125. The zero-order valence-electron chi connectivity index (χ0n) is 9.82. The Morgan fingerprint density at radius 3 is 2.65 bits per heavy atom. The Labute approximate surface area is 104 Å². The lowest BCUT2D eigenvalue weighted by atomic mass is 9.93. The van der Waals surface area contributed by atoms with Crippen LogP contribution in [0.5, 0.6) is 6.01 Å². The number of carbonyl (C=O) groups excluding carboxylic acids is 1. The number of methoxy groups -OCH3 is 1. The van der Waals surface area contributed by atoms with Gasteiger partial charge in [0.15, 0.2) is 0 Å². The van der Waals surface area contributed by atoms with E-state index in [2.05, 4.69) is 20.3 Å². The van der Waals surface area contributed by atoms with Crippen molar-refractivity contribution in [1.29, 1.82) is 0 Å². The van der Waals surface area contributed by atoms with Crippen LogP contribution < -0.4 is 15.8 Å². The van der Waals surface area contributed by atoms with E-state index in [1.807, 2.05) is 0 Å². The van der Waals surface area contributed by atoms with Crippen LogP contribution in [0.15, 0.2) is 0 Å². The van der Waals surface area contributed by atoms with Crippen molar-refractivity contribution in [1.82, 2.24) is 15.0 Å². The summed E-state index contributed by atoms with van der Waals surface area (Å²) in [7, 11) is 1.42. The van der Waals surface area contributed by atoms with Crippen LogP contribution in [0.2, 0.25) is 5.28 Å². The van der Waals surface area contributed by atoms with Gasteiger partial charge in [0, 0.05) is 6.54 Å². The number of hydrogen-bond acceptors (Lipinski definition) is 6. The van der Waals surface area contributed by atoms with Gasteiger partial charge in [0.05, 0.1) is 12.5 Å². The molecule has 0 unspecified atom stereocenters. The lowest BCUT2D eigenvalue weighted by Crippen LogP contribution is -2.37. The van der Waals surface area contributed by atoms with Gasteiger partial charge in [-0.15, -0.1) is 0 Å². The first kappa shape index (κ1) is 13.4. The second-order valence-corrected chi connectivity index (χ2v) is 4.35. The zero-order valence-corrected chi connectivity index (χ0v) is 10.6. The molecule has 0 saturated carbocycles. The number of nitrogens with one attached hydrogen (secondary N) is 1. The van der Waals surface area contributed by atoms with Crippen molar-refractivity contribution in [2.24, 2.45) is 11.1 Å². The standard InChI is InChI=1S/C9H14ClN5O2/c1-9(2,5(11)16)4-12-7-13-6(10)14-8(15-7)17-3/h4H2,1-3H3,(H2,11,16)(H,12,13,14,15). The summed E-state index contributed by atoms with van der Waals surface area (Å²) in [6.07, 6.45) is 0. The predicted octanol–water partition coefficient (Wildman–Crippen LogP) is 0.457. The SMILES string of the molecule is COc1nc(Cl)nc(NCC(C)(C)C(N)=O)n1. The van der Waals surface area contributed by atoms with Crippen LogP contribution in [0.1, 0.15) is 13.8 Å². The average molecular weight is 260 g/mol. The highest BCUT2D eigenvalue weighted by Gasteiger charge is 2.25. The summed E-state index contributed by atoms with van der Waals surface area (Å²) in [4.78, 5) is 22.6. The third-order valence-corrected chi connectivity index (χ3v) is 2.29. The van der Waals surface area contributed by atoms with Crippen molar-refractivity contribution >= 4 is 23.5 Å². The van der Waals surface area contributed by atoms with Gasteiger partial charge in [-0.1, -0.05) is 0 Å². The van der Waals surface area contributed by atoms with Crippen molar-refractivity contribution in [3.05, 3.63) is 5.28 Å². The van der Waals surface area contributed by atoms with E-state index in [0.29, 0.717) is 0 Å². The molecule has 0 atom stereocenters. The molecule has 0 fully saturated rings. The maximum atomic E-state index is 11.1. The van der Waals surface area contributed by atoms with Gasteiger partial charge in [0.25, 0.3) is 0 Å². The van der Waals surface area contributed by atoms with Gasteiger partial charge in [-0.2, -0.15) is 15.0 Å². The monoisotopic (exact) mass is 259 g/mol. The molecule has 0 radical (unpaired) electrons. The molecular weight excluding hydrogens is 246 g/mol. The number of carbonyl (C=O) groups is 1. The summed E-state index contributed by atoms with van der Waals surface area (Å²) in [5.41, 5.74) is 4.52. The largest absolute Gasteiger partial charge is 0.467 e. The highest BCUT2D eigenvalue weighted by molar-refractivity contribution is 6.28. The first-order chi connectivity index (χ1) is 7.85. The molecule has 0 spiro atoms. The molecule has 0 aliphatic carbocycles. The Morgan fingerprint density at radius 1 is 1.47 bits per heavy atom. The number of nitrogens with zero attached hydrogens (tertiary/aromatic N) is 3. The quantitative estimate of drug-likeness (QED) is 0.796. The van der Waals surface area contributed by atoms with Gasteiger partial charge >= 0.3 is 6.01 Å². The maximum absolute atomic E-state index is 11.1. The minimum absolute atomic E-state index is 0.0104. The van der Waals surface area contributed by atoms with Crippen LogP contribution in [-0.2, 0) is 4.79 Å². The van der Waals surface area contributed by atoms with Gasteiger partial charge in [0.2, 0.25) is 17.1 Å². The van der Waals surface area contributed by atoms with Crippen LogP contribution in [0.4, 0.5) is 5.95 Å². The van der Waals surface area contributed by atoms with Crippen LogP contribution >= 0.6 is 11.6 Å². The number of nitrogens with two attached hydrogens (primary N) is 1. The van der Waals surface area contributed by atoms with Crippen molar-refractivity contribution in [2.75, 3.05) is 19.0 Å². The van der Waals surface area contributed by atoms with Crippen LogP contribution in [-0.4, -0.2) is 34.5 Å². The van der Waals surface area contributed by atoms with Gasteiger partial charge in [-0.25, -0.2) is 0 Å². The molecule has 0 saturated heterocycles.